The Kier molecular flexibility index (Phi) is 7.22. The third-order valence-corrected chi connectivity index (χ3v) is 12.7. The van der Waals surface area contributed by atoms with Gasteiger partial charge in [-0.1, -0.05) is 91.0 Å². The predicted molar refractivity (Wildman–Crippen MR) is 234 cm³/mol. The van der Waals surface area contributed by atoms with E-state index in [1.807, 2.05) is 23.6 Å². The van der Waals surface area contributed by atoms with Crippen molar-refractivity contribution in [3.8, 4) is 0 Å². The first-order valence-corrected chi connectivity index (χ1v) is 19.7. The van der Waals surface area contributed by atoms with Crippen LogP contribution < -0.4 is 9.80 Å². The molecule has 3 heterocycles. The first-order chi connectivity index (χ1) is 26.7. The summed E-state index contributed by atoms with van der Waals surface area (Å²) in [5.41, 5.74) is 6.78. The zero-order chi connectivity index (χ0) is 35.6. The van der Waals surface area contributed by atoms with E-state index in [1.54, 1.807) is 11.3 Å². The molecular formula is C49H31N3S2. The van der Waals surface area contributed by atoms with Crippen molar-refractivity contribution in [3.05, 3.63) is 188 Å². The highest BCUT2D eigenvalue weighted by molar-refractivity contribution is 7.26. The molecule has 0 radical (unpaired) electrons. The van der Waals surface area contributed by atoms with E-state index in [0.717, 1.165) is 39.0 Å². The number of rotatable bonds is 6. The summed E-state index contributed by atoms with van der Waals surface area (Å²) < 4.78 is 3.85. The van der Waals surface area contributed by atoms with Crippen LogP contribution in [0.4, 0.5) is 34.1 Å². The zero-order valence-corrected chi connectivity index (χ0v) is 30.7. The molecule has 0 aliphatic heterocycles. The molecule has 0 bridgehead atoms. The number of aromatic nitrogens is 1. The SMILES string of the molecule is c1ccc(N(c2ccc3c(ccc4cc(N(c5ccccc5)c5ccc6c(c5)sc5ncccc56)ccc43)c2)c2ccc3c(c2)sc2ccccc23)cc1. The van der Waals surface area contributed by atoms with Crippen molar-refractivity contribution in [2.24, 2.45) is 0 Å². The number of nitrogens with zero attached hydrogens (tertiary/aromatic N) is 3. The van der Waals surface area contributed by atoms with Crippen LogP contribution in [-0.4, -0.2) is 4.98 Å². The molecule has 5 heteroatoms. The lowest BCUT2D eigenvalue weighted by Crippen LogP contribution is -2.10. The van der Waals surface area contributed by atoms with Gasteiger partial charge in [-0.25, -0.2) is 4.98 Å². The van der Waals surface area contributed by atoms with Gasteiger partial charge in [-0.05, 0) is 113 Å². The number of hydrogen-bond acceptors (Lipinski definition) is 5. The monoisotopic (exact) mass is 725 g/mol. The average Bonchev–Trinajstić information content (AvgIpc) is 3.79. The number of hydrogen-bond donors (Lipinski definition) is 0. The van der Waals surface area contributed by atoms with E-state index < -0.39 is 0 Å². The minimum Gasteiger partial charge on any atom is -0.310 e. The van der Waals surface area contributed by atoms with Crippen molar-refractivity contribution in [1.29, 1.82) is 0 Å². The zero-order valence-electron chi connectivity index (χ0n) is 29.1. The maximum Gasteiger partial charge on any atom is 0.124 e. The molecule has 0 N–H and O–H groups in total. The van der Waals surface area contributed by atoms with Crippen molar-refractivity contribution in [3.63, 3.8) is 0 Å². The minimum absolute atomic E-state index is 1.07. The molecule has 54 heavy (non-hydrogen) atoms. The molecule has 0 aliphatic carbocycles. The molecule has 0 aliphatic rings. The molecule has 0 spiro atoms. The smallest absolute Gasteiger partial charge is 0.124 e. The third kappa shape index (κ3) is 5.12. The lowest BCUT2D eigenvalue weighted by Gasteiger charge is -2.26. The van der Waals surface area contributed by atoms with Crippen LogP contribution >= 0.6 is 22.7 Å². The van der Waals surface area contributed by atoms with Gasteiger partial charge in [0.05, 0.1) is 0 Å². The standard InChI is InChI=1S/C49H31N3S2/c1-3-10-34(11-4-1)51(38-21-25-43-42-14-7-8-16-46(42)53-47(43)30-38)36-19-23-40-32(28-36)17-18-33-29-37(20-24-41(33)40)52(35-12-5-2-6-13-35)39-22-26-44-45-15-9-27-50-49(45)54-48(44)31-39/h1-31H. The molecule has 3 aromatic heterocycles. The molecular weight excluding hydrogens is 695 g/mol. The van der Waals surface area contributed by atoms with Crippen LogP contribution in [0.5, 0.6) is 0 Å². The number of para-hydroxylation sites is 2. The molecule has 254 valence electrons. The van der Waals surface area contributed by atoms with Gasteiger partial charge in [0.1, 0.15) is 4.83 Å². The van der Waals surface area contributed by atoms with Crippen molar-refractivity contribution in [1.82, 2.24) is 4.98 Å². The number of pyridine rings is 1. The van der Waals surface area contributed by atoms with Gasteiger partial charge in [0, 0.05) is 76.0 Å². The molecule has 0 unspecified atom stereocenters. The Morgan fingerprint density at radius 1 is 0.315 bits per heavy atom. The summed E-state index contributed by atoms with van der Waals surface area (Å²) in [6.07, 6.45) is 1.88. The Hall–Kier alpha value is -6.53. The van der Waals surface area contributed by atoms with E-state index in [-0.39, 0.29) is 0 Å². The van der Waals surface area contributed by atoms with E-state index in [9.17, 15) is 0 Å². The Labute approximate surface area is 320 Å². The molecule has 0 atom stereocenters. The Bertz CT molecular complexity index is 2970. The Morgan fingerprint density at radius 2 is 0.778 bits per heavy atom. The van der Waals surface area contributed by atoms with Crippen LogP contribution in [0.2, 0.25) is 0 Å². The van der Waals surface area contributed by atoms with Gasteiger partial charge in [-0.2, -0.15) is 0 Å². The van der Waals surface area contributed by atoms with Crippen molar-refractivity contribution >= 4 is 119 Å². The number of benzene rings is 8. The van der Waals surface area contributed by atoms with E-state index in [4.69, 9.17) is 0 Å². The largest absolute Gasteiger partial charge is 0.310 e. The summed E-state index contributed by atoms with van der Waals surface area (Å²) in [4.78, 5) is 10.4. The molecule has 0 saturated heterocycles. The summed E-state index contributed by atoms with van der Waals surface area (Å²) in [7, 11) is 0. The highest BCUT2D eigenvalue weighted by Crippen LogP contribution is 2.44. The fourth-order valence-electron chi connectivity index (χ4n) is 7.96. The number of thiophene rings is 2. The summed E-state index contributed by atoms with van der Waals surface area (Å²) in [6.45, 7) is 0. The van der Waals surface area contributed by atoms with Crippen LogP contribution in [0.1, 0.15) is 0 Å². The normalized spacial score (nSPS) is 11.7. The minimum atomic E-state index is 1.07. The van der Waals surface area contributed by atoms with E-state index in [0.29, 0.717) is 0 Å². The fraction of sp³-hybridized carbons (Fsp3) is 0. The van der Waals surface area contributed by atoms with Gasteiger partial charge in [0.25, 0.3) is 0 Å². The Balaban J connectivity index is 1.01. The van der Waals surface area contributed by atoms with Gasteiger partial charge < -0.3 is 9.80 Å². The Morgan fingerprint density at radius 3 is 1.39 bits per heavy atom. The van der Waals surface area contributed by atoms with E-state index in [2.05, 4.69) is 191 Å². The van der Waals surface area contributed by atoms with Crippen molar-refractivity contribution in [2.75, 3.05) is 9.80 Å². The van der Waals surface area contributed by atoms with Crippen LogP contribution in [0, 0.1) is 0 Å². The van der Waals surface area contributed by atoms with Gasteiger partial charge in [-0.3, -0.25) is 0 Å². The maximum absolute atomic E-state index is 4.63. The van der Waals surface area contributed by atoms with Crippen LogP contribution in [0.25, 0.3) is 62.0 Å². The van der Waals surface area contributed by atoms with Crippen molar-refractivity contribution < 1.29 is 0 Å². The van der Waals surface area contributed by atoms with Gasteiger partial charge in [-0.15, -0.1) is 22.7 Å². The predicted octanol–water partition coefficient (Wildman–Crippen LogP) is 15.1. The molecule has 11 aromatic rings. The van der Waals surface area contributed by atoms with Crippen molar-refractivity contribution in [2.45, 2.75) is 0 Å². The number of fused-ring (bicyclic) bond motifs is 9. The molecule has 11 rings (SSSR count). The average molecular weight is 726 g/mol. The second-order valence-corrected chi connectivity index (χ2v) is 15.8. The molecule has 8 aromatic carbocycles. The van der Waals surface area contributed by atoms with E-state index in [1.165, 1.54) is 57.2 Å². The summed E-state index contributed by atoms with van der Waals surface area (Å²) in [5.74, 6) is 0. The third-order valence-electron chi connectivity index (χ3n) is 10.5. The highest BCUT2D eigenvalue weighted by atomic mass is 32.1. The number of anilines is 6. The first kappa shape index (κ1) is 31.0. The first-order valence-electron chi connectivity index (χ1n) is 18.1. The summed E-state index contributed by atoms with van der Waals surface area (Å²) in [5, 5.41) is 9.96. The van der Waals surface area contributed by atoms with E-state index >= 15 is 0 Å². The highest BCUT2D eigenvalue weighted by Gasteiger charge is 2.18. The van der Waals surface area contributed by atoms with Gasteiger partial charge in [0.15, 0.2) is 0 Å². The second kappa shape index (κ2) is 12.6. The lowest BCUT2D eigenvalue weighted by atomic mass is 10.00. The quantitative estimate of drug-likeness (QED) is 0.159. The lowest BCUT2D eigenvalue weighted by molar-refractivity contribution is 1.29. The molecule has 0 amide bonds. The molecule has 0 fully saturated rings. The van der Waals surface area contributed by atoms with Gasteiger partial charge >= 0.3 is 0 Å². The summed E-state index contributed by atoms with van der Waals surface area (Å²) >= 11 is 3.60. The topological polar surface area (TPSA) is 19.4 Å². The maximum atomic E-state index is 4.63. The fourth-order valence-corrected chi connectivity index (χ4v) is 10.2. The molecule has 3 nitrogen and oxygen atoms in total. The van der Waals surface area contributed by atoms with Crippen LogP contribution in [0.3, 0.4) is 0 Å². The second-order valence-electron chi connectivity index (χ2n) is 13.6. The van der Waals surface area contributed by atoms with Crippen LogP contribution in [-0.2, 0) is 0 Å². The summed E-state index contributed by atoms with van der Waals surface area (Å²) in [6, 6.07) is 66.2. The molecule has 0 saturated carbocycles. The van der Waals surface area contributed by atoms with Gasteiger partial charge in [0.2, 0.25) is 0 Å². The van der Waals surface area contributed by atoms with Crippen LogP contribution in [0.15, 0.2) is 188 Å².